The van der Waals surface area contributed by atoms with Crippen molar-refractivity contribution in [3.05, 3.63) is 12.2 Å². The molecular formula is C13H22N4O. The summed E-state index contributed by atoms with van der Waals surface area (Å²) >= 11 is 0. The molecule has 1 aliphatic carbocycles. The van der Waals surface area contributed by atoms with E-state index in [2.05, 4.69) is 20.1 Å². The lowest BCUT2D eigenvalue weighted by atomic mass is 9.78. The molecule has 0 unspecified atom stereocenters. The highest BCUT2D eigenvalue weighted by atomic mass is 16.3. The van der Waals surface area contributed by atoms with Gasteiger partial charge in [0.15, 0.2) is 0 Å². The summed E-state index contributed by atoms with van der Waals surface area (Å²) in [6.45, 7) is 3.27. The van der Waals surface area contributed by atoms with Crippen LogP contribution in [0.2, 0.25) is 0 Å². The number of rotatable bonds is 4. The lowest BCUT2D eigenvalue weighted by Gasteiger charge is -2.39. The Hall–Kier alpha value is -0.940. The molecule has 18 heavy (non-hydrogen) atoms. The lowest BCUT2D eigenvalue weighted by molar-refractivity contribution is -0.0473. The van der Waals surface area contributed by atoms with Gasteiger partial charge < -0.3 is 10.0 Å². The van der Waals surface area contributed by atoms with E-state index < -0.39 is 0 Å². The van der Waals surface area contributed by atoms with E-state index in [-0.39, 0.29) is 5.60 Å². The van der Waals surface area contributed by atoms with E-state index in [1.165, 1.54) is 6.42 Å². The van der Waals surface area contributed by atoms with Crippen LogP contribution in [0.4, 0.5) is 0 Å². The summed E-state index contributed by atoms with van der Waals surface area (Å²) in [5.74, 6) is 1.57. The molecule has 3 rings (SSSR count). The van der Waals surface area contributed by atoms with Gasteiger partial charge in [0.05, 0.1) is 5.60 Å². The normalized spacial score (nSPS) is 24.9. The van der Waals surface area contributed by atoms with Gasteiger partial charge >= 0.3 is 0 Å². The number of aromatic nitrogens is 3. The SMILES string of the molecule is OC1(CCN2CCC(c3ncn[nH]3)CC2)CCC1. The van der Waals surface area contributed by atoms with E-state index in [4.69, 9.17) is 0 Å². The van der Waals surface area contributed by atoms with Crippen LogP contribution in [0.1, 0.15) is 50.3 Å². The fourth-order valence-electron chi connectivity index (χ4n) is 3.04. The molecule has 1 saturated carbocycles. The average molecular weight is 250 g/mol. The Kier molecular flexibility index (Phi) is 3.35. The van der Waals surface area contributed by atoms with Crippen LogP contribution < -0.4 is 0 Å². The van der Waals surface area contributed by atoms with Crippen LogP contribution in [0.25, 0.3) is 0 Å². The van der Waals surface area contributed by atoms with Crippen LogP contribution in [0.5, 0.6) is 0 Å². The van der Waals surface area contributed by atoms with Gasteiger partial charge in [-0.2, -0.15) is 5.10 Å². The molecule has 0 spiro atoms. The minimum Gasteiger partial charge on any atom is -0.390 e. The second-order valence-electron chi connectivity index (χ2n) is 5.81. The first-order valence-electron chi connectivity index (χ1n) is 7.05. The highest BCUT2D eigenvalue weighted by molar-refractivity contribution is 4.96. The van der Waals surface area contributed by atoms with E-state index >= 15 is 0 Å². The van der Waals surface area contributed by atoms with Crippen LogP contribution >= 0.6 is 0 Å². The molecular weight excluding hydrogens is 228 g/mol. The molecule has 0 aromatic carbocycles. The first kappa shape index (κ1) is 12.1. The van der Waals surface area contributed by atoms with Crippen LogP contribution in [-0.4, -0.2) is 50.4 Å². The molecule has 0 atom stereocenters. The summed E-state index contributed by atoms with van der Waals surface area (Å²) in [4.78, 5) is 6.72. The summed E-state index contributed by atoms with van der Waals surface area (Å²) in [6.07, 6.45) is 8.03. The number of hydrogen-bond acceptors (Lipinski definition) is 4. The monoisotopic (exact) mass is 250 g/mol. The zero-order chi connectivity index (χ0) is 12.4. The topological polar surface area (TPSA) is 65.0 Å². The predicted molar refractivity (Wildman–Crippen MR) is 68.2 cm³/mol. The fourth-order valence-corrected chi connectivity index (χ4v) is 3.04. The van der Waals surface area contributed by atoms with E-state index in [0.717, 1.165) is 57.6 Å². The third-order valence-corrected chi connectivity index (χ3v) is 4.59. The number of aromatic amines is 1. The quantitative estimate of drug-likeness (QED) is 0.845. The first-order valence-corrected chi connectivity index (χ1v) is 7.05. The van der Waals surface area contributed by atoms with Gasteiger partial charge in [-0.1, -0.05) is 0 Å². The van der Waals surface area contributed by atoms with Gasteiger partial charge in [-0.3, -0.25) is 5.10 Å². The minimum atomic E-state index is -0.332. The van der Waals surface area contributed by atoms with Crippen LogP contribution in [-0.2, 0) is 0 Å². The number of nitrogens with zero attached hydrogens (tertiary/aromatic N) is 3. The Morgan fingerprint density at radius 3 is 2.72 bits per heavy atom. The summed E-state index contributed by atoms with van der Waals surface area (Å²) in [6, 6.07) is 0. The summed E-state index contributed by atoms with van der Waals surface area (Å²) in [7, 11) is 0. The van der Waals surface area contributed by atoms with Crippen molar-refractivity contribution in [2.45, 2.75) is 50.0 Å². The van der Waals surface area contributed by atoms with Crippen molar-refractivity contribution in [2.24, 2.45) is 0 Å². The number of hydrogen-bond donors (Lipinski definition) is 2. The molecule has 100 valence electrons. The molecule has 0 amide bonds. The maximum Gasteiger partial charge on any atom is 0.137 e. The van der Waals surface area contributed by atoms with Crippen molar-refractivity contribution in [3.63, 3.8) is 0 Å². The Morgan fingerprint density at radius 2 is 2.17 bits per heavy atom. The van der Waals surface area contributed by atoms with Crippen molar-refractivity contribution in [2.75, 3.05) is 19.6 Å². The highest BCUT2D eigenvalue weighted by Crippen LogP contribution is 2.35. The Balaban J connectivity index is 1.43. The molecule has 0 bridgehead atoms. The lowest BCUT2D eigenvalue weighted by Crippen LogP contribution is -2.42. The second-order valence-corrected chi connectivity index (χ2v) is 5.81. The fraction of sp³-hybridized carbons (Fsp3) is 0.846. The van der Waals surface area contributed by atoms with Gasteiger partial charge in [-0.25, -0.2) is 4.98 Å². The Bertz CT molecular complexity index is 366. The molecule has 0 radical (unpaired) electrons. The van der Waals surface area contributed by atoms with Gasteiger partial charge in [-0.05, 0) is 51.6 Å². The summed E-state index contributed by atoms with van der Waals surface area (Å²) in [5.41, 5.74) is -0.332. The van der Waals surface area contributed by atoms with Gasteiger partial charge in [0.25, 0.3) is 0 Å². The molecule has 1 aliphatic heterocycles. The van der Waals surface area contributed by atoms with E-state index in [0.29, 0.717) is 5.92 Å². The highest BCUT2D eigenvalue weighted by Gasteiger charge is 2.34. The molecule has 2 heterocycles. The maximum absolute atomic E-state index is 10.1. The Labute approximate surface area is 108 Å². The van der Waals surface area contributed by atoms with Crippen LogP contribution in [0, 0.1) is 0 Å². The molecule has 2 N–H and O–H groups in total. The van der Waals surface area contributed by atoms with Crippen molar-refractivity contribution in [1.82, 2.24) is 20.1 Å². The largest absolute Gasteiger partial charge is 0.390 e. The predicted octanol–water partition coefficient (Wildman–Crippen LogP) is 1.29. The summed E-state index contributed by atoms with van der Waals surface area (Å²) < 4.78 is 0. The number of piperidine rings is 1. The number of nitrogens with one attached hydrogen (secondary N) is 1. The van der Waals surface area contributed by atoms with E-state index in [9.17, 15) is 5.11 Å². The van der Waals surface area contributed by atoms with Crippen molar-refractivity contribution >= 4 is 0 Å². The molecule has 2 aliphatic rings. The summed E-state index contributed by atoms with van der Waals surface area (Å²) in [5, 5.41) is 17.0. The average Bonchev–Trinajstić information content (AvgIpc) is 2.88. The molecule has 1 aromatic heterocycles. The minimum absolute atomic E-state index is 0.332. The third kappa shape index (κ3) is 2.57. The van der Waals surface area contributed by atoms with Crippen molar-refractivity contribution < 1.29 is 5.11 Å². The maximum atomic E-state index is 10.1. The zero-order valence-electron chi connectivity index (χ0n) is 10.8. The molecule has 1 saturated heterocycles. The number of aliphatic hydroxyl groups is 1. The van der Waals surface area contributed by atoms with Crippen molar-refractivity contribution in [1.29, 1.82) is 0 Å². The van der Waals surface area contributed by atoms with Crippen molar-refractivity contribution in [3.8, 4) is 0 Å². The molecule has 2 fully saturated rings. The number of H-pyrrole nitrogens is 1. The van der Waals surface area contributed by atoms with Crippen LogP contribution in [0.15, 0.2) is 6.33 Å². The molecule has 5 heteroatoms. The zero-order valence-corrected chi connectivity index (χ0v) is 10.8. The molecule has 1 aromatic rings. The van der Waals surface area contributed by atoms with E-state index in [1.807, 2.05) is 0 Å². The number of likely N-dealkylation sites (tertiary alicyclic amines) is 1. The van der Waals surface area contributed by atoms with Gasteiger partial charge in [0.1, 0.15) is 12.2 Å². The third-order valence-electron chi connectivity index (χ3n) is 4.59. The van der Waals surface area contributed by atoms with Gasteiger partial charge in [-0.15, -0.1) is 0 Å². The van der Waals surface area contributed by atoms with E-state index in [1.54, 1.807) is 6.33 Å². The second kappa shape index (κ2) is 4.97. The van der Waals surface area contributed by atoms with Crippen LogP contribution in [0.3, 0.4) is 0 Å². The standard InChI is InChI=1S/C13H22N4O/c18-13(4-1-5-13)6-9-17-7-2-11(3-8-17)12-14-10-15-16-12/h10-11,18H,1-9H2,(H,14,15,16). The molecule has 5 nitrogen and oxygen atoms in total. The first-order chi connectivity index (χ1) is 8.75. The smallest absolute Gasteiger partial charge is 0.137 e. The van der Waals surface area contributed by atoms with Gasteiger partial charge in [0, 0.05) is 12.5 Å². The Morgan fingerprint density at radius 1 is 1.39 bits per heavy atom. The van der Waals surface area contributed by atoms with Gasteiger partial charge in [0.2, 0.25) is 0 Å².